The van der Waals surface area contributed by atoms with Gasteiger partial charge in [0.15, 0.2) is 8.32 Å². The Bertz CT molecular complexity index is 1300. The van der Waals surface area contributed by atoms with Gasteiger partial charge in [0.1, 0.15) is 24.0 Å². The first-order valence-corrected chi connectivity index (χ1v) is 15.7. The highest BCUT2D eigenvalue weighted by Crippen LogP contribution is 2.38. The molecule has 0 saturated carbocycles. The SMILES string of the molecule is Cc1ccc(N2CCc3ncnc(N[C@H](CO[Si](C)(C)C(C)(C)C)c4cnc(C)nc4)c3C2)c(C#N)c1. The predicted molar refractivity (Wildman–Crippen MR) is 149 cm³/mol. The summed E-state index contributed by atoms with van der Waals surface area (Å²) in [4.78, 5) is 20.3. The number of anilines is 2. The average Bonchev–Trinajstić information content (AvgIpc) is 2.86. The second-order valence-electron chi connectivity index (χ2n) is 11.3. The Kier molecular flexibility index (Phi) is 7.62. The third-order valence-electron chi connectivity index (χ3n) is 7.55. The molecule has 0 amide bonds. The Balaban J connectivity index is 1.64. The Morgan fingerprint density at radius 3 is 2.54 bits per heavy atom. The van der Waals surface area contributed by atoms with Crippen LogP contribution in [0.2, 0.25) is 18.1 Å². The summed E-state index contributed by atoms with van der Waals surface area (Å²) in [5.74, 6) is 1.51. The zero-order valence-electron chi connectivity index (χ0n) is 23.0. The van der Waals surface area contributed by atoms with Crippen LogP contribution in [0.1, 0.15) is 60.6 Å². The van der Waals surface area contributed by atoms with Crippen molar-refractivity contribution in [1.82, 2.24) is 19.9 Å². The van der Waals surface area contributed by atoms with E-state index in [0.717, 1.165) is 52.7 Å². The van der Waals surface area contributed by atoms with Gasteiger partial charge in [-0.3, -0.25) is 0 Å². The highest BCUT2D eigenvalue weighted by Gasteiger charge is 2.38. The van der Waals surface area contributed by atoms with Gasteiger partial charge in [0.25, 0.3) is 0 Å². The molecule has 0 radical (unpaired) electrons. The van der Waals surface area contributed by atoms with E-state index in [0.29, 0.717) is 18.7 Å². The van der Waals surface area contributed by atoms with Crippen LogP contribution in [0.5, 0.6) is 0 Å². The Hall–Kier alpha value is -3.35. The van der Waals surface area contributed by atoms with E-state index in [1.807, 2.05) is 38.4 Å². The second kappa shape index (κ2) is 10.6. The van der Waals surface area contributed by atoms with Crippen molar-refractivity contribution in [3.63, 3.8) is 0 Å². The fraction of sp³-hybridized carbons (Fsp3) is 0.464. The zero-order valence-corrected chi connectivity index (χ0v) is 24.0. The monoisotopic (exact) mass is 515 g/mol. The Morgan fingerprint density at radius 2 is 1.86 bits per heavy atom. The molecule has 0 fully saturated rings. The van der Waals surface area contributed by atoms with Crippen molar-refractivity contribution in [1.29, 1.82) is 5.26 Å². The summed E-state index contributed by atoms with van der Waals surface area (Å²) in [7, 11) is -1.98. The molecule has 37 heavy (non-hydrogen) atoms. The average molecular weight is 516 g/mol. The van der Waals surface area contributed by atoms with E-state index in [1.165, 1.54) is 0 Å². The molecule has 0 unspecified atom stereocenters. The third-order valence-corrected chi connectivity index (χ3v) is 12.0. The maximum atomic E-state index is 9.73. The van der Waals surface area contributed by atoms with Crippen molar-refractivity contribution in [3.05, 3.63) is 70.7 Å². The van der Waals surface area contributed by atoms with Crippen LogP contribution in [0.3, 0.4) is 0 Å². The molecule has 0 saturated heterocycles. The molecule has 8 nitrogen and oxygen atoms in total. The van der Waals surface area contributed by atoms with Gasteiger partial charge in [0, 0.05) is 43.0 Å². The van der Waals surface area contributed by atoms with Crippen molar-refractivity contribution in [2.24, 2.45) is 0 Å². The number of aryl methyl sites for hydroxylation is 2. The van der Waals surface area contributed by atoms with Crippen LogP contribution >= 0.6 is 0 Å². The van der Waals surface area contributed by atoms with Crippen LogP contribution in [-0.2, 0) is 17.4 Å². The summed E-state index contributed by atoms with van der Waals surface area (Å²) < 4.78 is 6.62. The van der Waals surface area contributed by atoms with Gasteiger partial charge in [-0.05, 0) is 49.7 Å². The van der Waals surface area contributed by atoms with Gasteiger partial charge in [-0.25, -0.2) is 19.9 Å². The molecular weight excluding hydrogens is 478 g/mol. The maximum absolute atomic E-state index is 9.73. The van der Waals surface area contributed by atoms with Crippen molar-refractivity contribution >= 4 is 19.8 Å². The normalized spacial score (nSPS) is 14.6. The van der Waals surface area contributed by atoms with Gasteiger partial charge in [-0.1, -0.05) is 26.8 Å². The number of nitriles is 1. The second-order valence-corrected chi connectivity index (χ2v) is 16.1. The molecule has 4 rings (SSSR count). The number of rotatable bonds is 7. The molecule has 2 aromatic heterocycles. The largest absolute Gasteiger partial charge is 0.414 e. The van der Waals surface area contributed by atoms with Gasteiger partial charge in [0.2, 0.25) is 0 Å². The number of nitrogens with zero attached hydrogens (tertiary/aromatic N) is 6. The van der Waals surface area contributed by atoms with Crippen molar-refractivity contribution in [3.8, 4) is 6.07 Å². The van der Waals surface area contributed by atoms with Crippen LogP contribution in [0.4, 0.5) is 11.5 Å². The number of fused-ring (bicyclic) bond motifs is 1. The van der Waals surface area contributed by atoms with Gasteiger partial charge in [0.05, 0.1) is 29.6 Å². The molecule has 1 aliphatic heterocycles. The van der Waals surface area contributed by atoms with Gasteiger partial charge < -0.3 is 14.6 Å². The van der Waals surface area contributed by atoms with Crippen LogP contribution in [0, 0.1) is 25.2 Å². The smallest absolute Gasteiger partial charge is 0.192 e. The summed E-state index contributed by atoms with van der Waals surface area (Å²) >= 11 is 0. The van der Waals surface area contributed by atoms with Crippen LogP contribution in [-0.4, -0.2) is 41.4 Å². The summed E-state index contributed by atoms with van der Waals surface area (Å²) in [5.41, 5.74) is 5.74. The van der Waals surface area contributed by atoms with Crippen LogP contribution in [0.15, 0.2) is 36.9 Å². The van der Waals surface area contributed by atoms with E-state index in [4.69, 9.17) is 4.43 Å². The topological polar surface area (TPSA) is 99.8 Å². The van der Waals surface area contributed by atoms with Crippen molar-refractivity contribution in [2.45, 2.75) is 71.8 Å². The molecular formula is C28H37N7OSi. The molecule has 3 aromatic rings. The lowest BCUT2D eigenvalue weighted by atomic mass is 10.0. The fourth-order valence-electron chi connectivity index (χ4n) is 4.16. The molecule has 9 heteroatoms. The van der Waals surface area contributed by atoms with E-state index in [9.17, 15) is 5.26 Å². The third kappa shape index (κ3) is 5.97. The Morgan fingerprint density at radius 1 is 1.14 bits per heavy atom. The zero-order chi connectivity index (χ0) is 26.8. The summed E-state index contributed by atoms with van der Waals surface area (Å²) in [6.45, 7) is 17.0. The number of benzene rings is 1. The van der Waals surface area contributed by atoms with E-state index in [2.05, 4.69) is 76.2 Å². The molecule has 0 bridgehead atoms. The Labute approximate surface area is 221 Å². The summed E-state index contributed by atoms with van der Waals surface area (Å²) in [6.07, 6.45) is 6.13. The quantitative estimate of drug-likeness (QED) is 0.412. The summed E-state index contributed by atoms with van der Waals surface area (Å²) in [5, 5.41) is 13.5. The summed E-state index contributed by atoms with van der Waals surface area (Å²) in [6, 6.07) is 8.22. The van der Waals surface area contributed by atoms with Crippen molar-refractivity contribution < 1.29 is 4.43 Å². The molecule has 0 aliphatic carbocycles. The van der Waals surface area contributed by atoms with E-state index < -0.39 is 8.32 Å². The highest BCUT2D eigenvalue weighted by molar-refractivity contribution is 6.74. The number of aromatic nitrogens is 4. The van der Waals surface area contributed by atoms with Crippen LogP contribution < -0.4 is 10.2 Å². The van der Waals surface area contributed by atoms with Crippen molar-refractivity contribution in [2.75, 3.05) is 23.4 Å². The lowest BCUT2D eigenvalue weighted by Gasteiger charge is -2.37. The first-order chi connectivity index (χ1) is 17.5. The molecule has 1 atom stereocenters. The van der Waals surface area contributed by atoms with E-state index in [-0.39, 0.29) is 11.1 Å². The molecule has 1 aromatic carbocycles. The minimum atomic E-state index is -1.98. The predicted octanol–water partition coefficient (Wildman–Crippen LogP) is 5.49. The standard InChI is InChI=1S/C28H37N7OSi/c1-19-8-9-26(21(12-19)13-29)35-11-10-24-23(16-35)27(33-18-32-24)34-25(22-14-30-20(2)31-15-22)17-36-37(6,7)28(3,4)5/h8-9,12,14-15,18,25H,10-11,16-17H2,1-7H3,(H,32,33,34)/t25-/m1/s1. The fourth-order valence-corrected chi connectivity index (χ4v) is 5.18. The number of nitrogens with one attached hydrogen (secondary N) is 1. The molecule has 194 valence electrons. The van der Waals surface area contributed by atoms with E-state index >= 15 is 0 Å². The lowest BCUT2D eigenvalue weighted by molar-refractivity contribution is 0.271. The van der Waals surface area contributed by atoms with Crippen LogP contribution in [0.25, 0.3) is 0 Å². The first kappa shape index (κ1) is 26.7. The van der Waals surface area contributed by atoms with Gasteiger partial charge in [-0.2, -0.15) is 5.26 Å². The first-order valence-electron chi connectivity index (χ1n) is 12.8. The number of hydrogen-bond donors (Lipinski definition) is 1. The highest BCUT2D eigenvalue weighted by atomic mass is 28.4. The maximum Gasteiger partial charge on any atom is 0.192 e. The minimum Gasteiger partial charge on any atom is -0.414 e. The van der Waals surface area contributed by atoms with Gasteiger partial charge in [-0.15, -0.1) is 0 Å². The molecule has 0 spiro atoms. The van der Waals surface area contributed by atoms with Gasteiger partial charge >= 0.3 is 0 Å². The molecule has 3 heterocycles. The minimum absolute atomic E-state index is 0.0996. The van der Waals surface area contributed by atoms with E-state index in [1.54, 1.807) is 6.33 Å². The molecule has 1 N–H and O–H groups in total. The number of hydrogen-bond acceptors (Lipinski definition) is 8. The molecule has 1 aliphatic rings. The lowest BCUT2D eigenvalue weighted by Crippen LogP contribution is -2.42.